The van der Waals surface area contributed by atoms with Crippen LogP contribution in [0, 0.1) is 6.92 Å². The van der Waals surface area contributed by atoms with Crippen molar-refractivity contribution in [1.82, 2.24) is 15.0 Å². The lowest BCUT2D eigenvalue weighted by Crippen LogP contribution is -2.10. The highest BCUT2D eigenvalue weighted by Gasteiger charge is 2.26. The van der Waals surface area contributed by atoms with Gasteiger partial charge in [-0.1, -0.05) is 0 Å². The Morgan fingerprint density at radius 3 is 2.88 bits per heavy atom. The summed E-state index contributed by atoms with van der Waals surface area (Å²) in [5.41, 5.74) is 1.59. The number of nitrogens with zero attached hydrogens (tertiary/aromatic N) is 2. The van der Waals surface area contributed by atoms with E-state index in [0.717, 1.165) is 29.2 Å². The largest absolute Gasteiger partial charge is 0.305 e. The third-order valence-electron chi connectivity index (χ3n) is 2.62. The lowest BCUT2D eigenvalue weighted by atomic mass is 10.3. The summed E-state index contributed by atoms with van der Waals surface area (Å²) in [5, 5.41) is 2.90. The van der Waals surface area contributed by atoms with Crippen LogP contribution >= 0.6 is 11.3 Å². The number of hydrogen-bond donors (Lipinski definition) is 1. The van der Waals surface area contributed by atoms with Crippen molar-refractivity contribution < 1.29 is 0 Å². The van der Waals surface area contributed by atoms with E-state index in [0.29, 0.717) is 11.7 Å². The van der Waals surface area contributed by atoms with E-state index in [4.69, 9.17) is 0 Å². The molecule has 4 nitrogen and oxygen atoms in total. The third kappa shape index (κ3) is 1.78. The van der Waals surface area contributed by atoms with Crippen LogP contribution < -0.4 is 5.56 Å². The molecule has 1 aliphatic carbocycles. The Hall–Kier alpha value is -1.49. The minimum absolute atomic E-state index is 0.0856. The van der Waals surface area contributed by atoms with Crippen LogP contribution in [0.3, 0.4) is 0 Å². The SMILES string of the molecule is Cc1nc(-c2nc(C3CC3)cc(=O)[nH]2)cs1. The second-order valence-electron chi connectivity index (χ2n) is 4.04. The molecule has 2 aromatic heterocycles. The summed E-state index contributed by atoms with van der Waals surface area (Å²) >= 11 is 1.56. The van der Waals surface area contributed by atoms with E-state index >= 15 is 0 Å². The van der Waals surface area contributed by atoms with E-state index in [1.807, 2.05) is 12.3 Å². The highest BCUT2D eigenvalue weighted by atomic mass is 32.1. The zero-order valence-electron chi connectivity index (χ0n) is 8.86. The first-order valence-electron chi connectivity index (χ1n) is 5.26. The maximum absolute atomic E-state index is 11.5. The fraction of sp³-hybridized carbons (Fsp3) is 0.364. The van der Waals surface area contributed by atoms with E-state index in [9.17, 15) is 4.79 Å². The number of thiazole rings is 1. The molecule has 0 aromatic carbocycles. The zero-order valence-corrected chi connectivity index (χ0v) is 9.67. The standard InChI is InChI=1S/C11H11N3OS/c1-6-12-9(5-16-6)11-13-8(7-2-3-7)4-10(15)14-11/h4-5,7H,2-3H2,1H3,(H,13,14,15). The van der Waals surface area contributed by atoms with Crippen LogP contribution in [0.15, 0.2) is 16.2 Å². The summed E-state index contributed by atoms with van der Waals surface area (Å²) in [6, 6.07) is 1.60. The first-order chi connectivity index (χ1) is 7.72. The van der Waals surface area contributed by atoms with Crippen molar-refractivity contribution in [2.24, 2.45) is 0 Å². The Balaban J connectivity index is 2.09. The monoisotopic (exact) mass is 233 g/mol. The lowest BCUT2D eigenvalue weighted by Gasteiger charge is -1.99. The second kappa shape index (κ2) is 3.52. The predicted octanol–water partition coefficient (Wildman–Crippen LogP) is 2.08. The van der Waals surface area contributed by atoms with Gasteiger partial charge in [0.2, 0.25) is 0 Å². The molecule has 0 amide bonds. The molecule has 82 valence electrons. The van der Waals surface area contributed by atoms with E-state index in [-0.39, 0.29) is 5.56 Å². The minimum Gasteiger partial charge on any atom is -0.305 e. The van der Waals surface area contributed by atoms with Gasteiger partial charge in [0.15, 0.2) is 5.82 Å². The van der Waals surface area contributed by atoms with Crippen LogP contribution in [0.4, 0.5) is 0 Å². The average molecular weight is 233 g/mol. The van der Waals surface area contributed by atoms with Crippen molar-refractivity contribution >= 4 is 11.3 Å². The van der Waals surface area contributed by atoms with Gasteiger partial charge in [0, 0.05) is 17.4 Å². The third-order valence-corrected chi connectivity index (χ3v) is 3.39. The molecule has 0 saturated heterocycles. The van der Waals surface area contributed by atoms with Crippen molar-refractivity contribution in [3.8, 4) is 11.5 Å². The maximum atomic E-state index is 11.5. The van der Waals surface area contributed by atoms with E-state index in [1.54, 1.807) is 17.4 Å². The van der Waals surface area contributed by atoms with Gasteiger partial charge in [-0.05, 0) is 19.8 Å². The highest BCUT2D eigenvalue weighted by molar-refractivity contribution is 7.09. The van der Waals surface area contributed by atoms with Gasteiger partial charge in [-0.3, -0.25) is 4.79 Å². The smallest absolute Gasteiger partial charge is 0.251 e. The minimum atomic E-state index is -0.0856. The molecular formula is C11H11N3OS. The molecule has 0 spiro atoms. The van der Waals surface area contributed by atoms with Gasteiger partial charge in [-0.15, -0.1) is 11.3 Å². The zero-order chi connectivity index (χ0) is 11.1. The van der Waals surface area contributed by atoms with Crippen molar-refractivity contribution in [2.75, 3.05) is 0 Å². The molecule has 0 radical (unpaired) electrons. The molecule has 2 aromatic rings. The van der Waals surface area contributed by atoms with Crippen LogP contribution in [-0.2, 0) is 0 Å². The molecule has 0 aliphatic heterocycles. The Bertz CT molecular complexity index is 583. The maximum Gasteiger partial charge on any atom is 0.251 e. The first-order valence-corrected chi connectivity index (χ1v) is 6.14. The number of aromatic amines is 1. The number of H-pyrrole nitrogens is 1. The van der Waals surface area contributed by atoms with Crippen molar-refractivity contribution in [3.63, 3.8) is 0 Å². The molecule has 5 heteroatoms. The summed E-state index contributed by atoms with van der Waals surface area (Å²) in [7, 11) is 0. The molecule has 0 unspecified atom stereocenters. The summed E-state index contributed by atoms with van der Waals surface area (Å²) in [6.45, 7) is 1.94. The van der Waals surface area contributed by atoms with Crippen LogP contribution in [-0.4, -0.2) is 15.0 Å². The molecular weight excluding hydrogens is 222 g/mol. The van der Waals surface area contributed by atoms with Crippen molar-refractivity contribution in [3.05, 3.63) is 32.5 Å². The Morgan fingerprint density at radius 2 is 2.25 bits per heavy atom. The Kier molecular flexibility index (Phi) is 2.14. The molecule has 1 N–H and O–H groups in total. The predicted molar refractivity (Wildman–Crippen MR) is 62.7 cm³/mol. The summed E-state index contributed by atoms with van der Waals surface area (Å²) in [6.07, 6.45) is 2.29. The first kappa shape index (κ1) is 9.72. The van der Waals surface area contributed by atoms with Crippen molar-refractivity contribution in [1.29, 1.82) is 0 Å². The summed E-state index contributed by atoms with van der Waals surface area (Å²) < 4.78 is 0. The number of hydrogen-bond acceptors (Lipinski definition) is 4. The quantitative estimate of drug-likeness (QED) is 0.864. The second-order valence-corrected chi connectivity index (χ2v) is 5.11. The summed E-state index contributed by atoms with van der Waals surface area (Å²) in [5.74, 6) is 1.08. The molecule has 2 heterocycles. The molecule has 1 aliphatic rings. The van der Waals surface area contributed by atoms with Crippen LogP contribution in [0.1, 0.15) is 29.5 Å². The Labute approximate surface area is 96.4 Å². The molecule has 16 heavy (non-hydrogen) atoms. The van der Waals surface area contributed by atoms with Crippen LogP contribution in [0.5, 0.6) is 0 Å². The molecule has 1 saturated carbocycles. The molecule has 0 atom stereocenters. The van der Waals surface area contributed by atoms with Crippen LogP contribution in [0.2, 0.25) is 0 Å². The lowest BCUT2D eigenvalue weighted by molar-refractivity contribution is 0.971. The molecule has 1 fully saturated rings. The number of nitrogens with one attached hydrogen (secondary N) is 1. The van der Waals surface area contributed by atoms with Gasteiger partial charge in [-0.2, -0.15) is 0 Å². The molecule has 0 bridgehead atoms. The van der Waals surface area contributed by atoms with Crippen LogP contribution in [0.25, 0.3) is 11.5 Å². The van der Waals surface area contributed by atoms with E-state index in [1.165, 1.54) is 0 Å². The van der Waals surface area contributed by atoms with Gasteiger partial charge in [0.25, 0.3) is 5.56 Å². The fourth-order valence-electron chi connectivity index (χ4n) is 1.66. The van der Waals surface area contributed by atoms with Crippen molar-refractivity contribution in [2.45, 2.75) is 25.7 Å². The van der Waals surface area contributed by atoms with Gasteiger partial charge in [0.1, 0.15) is 5.69 Å². The Morgan fingerprint density at radius 1 is 1.44 bits per heavy atom. The average Bonchev–Trinajstić information content (AvgIpc) is 3.01. The number of rotatable bonds is 2. The highest BCUT2D eigenvalue weighted by Crippen LogP contribution is 2.38. The fourth-order valence-corrected chi connectivity index (χ4v) is 2.26. The molecule has 3 rings (SSSR count). The van der Waals surface area contributed by atoms with Gasteiger partial charge < -0.3 is 4.98 Å². The topological polar surface area (TPSA) is 58.6 Å². The number of aryl methyl sites for hydroxylation is 1. The van der Waals surface area contributed by atoms with Gasteiger partial charge in [-0.25, -0.2) is 9.97 Å². The summed E-state index contributed by atoms with van der Waals surface area (Å²) in [4.78, 5) is 23.0. The van der Waals surface area contributed by atoms with E-state index in [2.05, 4.69) is 15.0 Å². The number of aromatic nitrogens is 3. The normalized spacial score (nSPS) is 15.3. The van der Waals surface area contributed by atoms with E-state index < -0.39 is 0 Å². The van der Waals surface area contributed by atoms with Gasteiger partial charge in [0.05, 0.1) is 10.7 Å². The van der Waals surface area contributed by atoms with Gasteiger partial charge >= 0.3 is 0 Å².